The number of amides is 2. The Morgan fingerprint density at radius 1 is 1.38 bits per heavy atom. The SMILES string of the molecule is C[C@@H]1CCCCN1C(=O)N[C@H](C)c1nc(-c2ccc(F)cc2)no1. The molecule has 0 radical (unpaired) electrons. The van der Waals surface area contributed by atoms with E-state index in [0.717, 1.165) is 25.8 Å². The van der Waals surface area contributed by atoms with E-state index in [-0.39, 0.29) is 17.9 Å². The van der Waals surface area contributed by atoms with Gasteiger partial charge in [0.25, 0.3) is 0 Å². The van der Waals surface area contributed by atoms with Crippen LogP contribution in [-0.4, -0.2) is 33.7 Å². The van der Waals surface area contributed by atoms with E-state index in [1.54, 1.807) is 19.1 Å². The highest BCUT2D eigenvalue weighted by atomic mass is 19.1. The highest BCUT2D eigenvalue weighted by molar-refractivity contribution is 5.75. The lowest BCUT2D eigenvalue weighted by Crippen LogP contribution is -2.48. The first-order valence-corrected chi connectivity index (χ1v) is 8.21. The predicted molar refractivity (Wildman–Crippen MR) is 86.7 cm³/mol. The number of nitrogens with one attached hydrogen (secondary N) is 1. The molecule has 24 heavy (non-hydrogen) atoms. The topological polar surface area (TPSA) is 71.3 Å². The molecule has 1 fully saturated rings. The summed E-state index contributed by atoms with van der Waals surface area (Å²) in [6.45, 7) is 4.63. The largest absolute Gasteiger partial charge is 0.337 e. The summed E-state index contributed by atoms with van der Waals surface area (Å²) in [4.78, 5) is 18.5. The number of hydrogen-bond acceptors (Lipinski definition) is 4. The molecule has 0 unspecified atom stereocenters. The number of hydrogen-bond donors (Lipinski definition) is 1. The van der Waals surface area contributed by atoms with Crippen LogP contribution >= 0.6 is 0 Å². The number of urea groups is 1. The molecule has 6 nitrogen and oxygen atoms in total. The maximum absolute atomic E-state index is 13.0. The molecule has 2 amide bonds. The maximum Gasteiger partial charge on any atom is 0.318 e. The molecule has 0 aliphatic carbocycles. The van der Waals surface area contributed by atoms with Crippen LogP contribution in [0, 0.1) is 5.82 Å². The second-order valence-electron chi connectivity index (χ2n) is 6.17. The third-order valence-corrected chi connectivity index (χ3v) is 4.32. The summed E-state index contributed by atoms with van der Waals surface area (Å²) in [5.74, 6) is 0.378. The molecule has 1 N–H and O–H groups in total. The Kier molecular flexibility index (Phi) is 4.78. The quantitative estimate of drug-likeness (QED) is 0.933. The monoisotopic (exact) mass is 332 g/mol. The van der Waals surface area contributed by atoms with Crippen molar-refractivity contribution in [1.29, 1.82) is 0 Å². The Hall–Kier alpha value is -2.44. The molecule has 2 aromatic rings. The summed E-state index contributed by atoms with van der Waals surface area (Å²) >= 11 is 0. The average Bonchev–Trinajstić information content (AvgIpc) is 3.06. The minimum atomic E-state index is -0.395. The standard InChI is InChI=1S/C17H21FN4O2/c1-11-5-3-4-10-22(11)17(23)19-12(2)16-20-15(21-24-16)13-6-8-14(18)9-7-13/h6-9,11-12H,3-5,10H2,1-2H3,(H,19,23)/t11-,12-/m1/s1. The van der Waals surface area contributed by atoms with Crippen molar-refractivity contribution in [2.75, 3.05) is 6.54 Å². The second-order valence-corrected chi connectivity index (χ2v) is 6.17. The molecule has 3 rings (SSSR count). The fourth-order valence-electron chi connectivity index (χ4n) is 2.86. The van der Waals surface area contributed by atoms with Gasteiger partial charge in [0.05, 0.1) is 0 Å². The zero-order valence-electron chi connectivity index (χ0n) is 13.8. The van der Waals surface area contributed by atoms with Crippen molar-refractivity contribution in [3.8, 4) is 11.4 Å². The van der Waals surface area contributed by atoms with E-state index in [1.807, 2.05) is 4.90 Å². The van der Waals surface area contributed by atoms with Gasteiger partial charge in [-0.15, -0.1) is 0 Å². The molecule has 7 heteroatoms. The van der Waals surface area contributed by atoms with E-state index >= 15 is 0 Å². The summed E-state index contributed by atoms with van der Waals surface area (Å²) in [6, 6.07) is 5.58. The van der Waals surface area contributed by atoms with Crippen molar-refractivity contribution in [3.63, 3.8) is 0 Å². The molecule has 2 atom stereocenters. The molecule has 0 spiro atoms. The number of likely N-dealkylation sites (tertiary alicyclic amines) is 1. The number of carbonyl (C=O) groups is 1. The van der Waals surface area contributed by atoms with Crippen LogP contribution in [0.2, 0.25) is 0 Å². The van der Waals surface area contributed by atoms with Gasteiger partial charge < -0.3 is 14.7 Å². The predicted octanol–water partition coefficient (Wildman–Crippen LogP) is 3.52. The van der Waals surface area contributed by atoms with Crippen molar-refractivity contribution < 1.29 is 13.7 Å². The van der Waals surface area contributed by atoms with Gasteiger partial charge in [0.1, 0.15) is 11.9 Å². The van der Waals surface area contributed by atoms with Crippen LogP contribution in [-0.2, 0) is 0 Å². The van der Waals surface area contributed by atoms with Gasteiger partial charge in [-0.3, -0.25) is 0 Å². The maximum atomic E-state index is 13.0. The molecule has 1 aliphatic rings. The van der Waals surface area contributed by atoms with Gasteiger partial charge in [-0.1, -0.05) is 5.16 Å². The van der Waals surface area contributed by atoms with E-state index in [0.29, 0.717) is 17.3 Å². The summed E-state index contributed by atoms with van der Waals surface area (Å²) in [7, 11) is 0. The first-order chi connectivity index (χ1) is 11.5. The van der Waals surface area contributed by atoms with E-state index in [2.05, 4.69) is 22.4 Å². The summed E-state index contributed by atoms with van der Waals surface area (Å²) < 4.78 is 18.2. The Balaban J connectivity index is 1.66. The van der Waals surface area contributed by atoms with E-state index in [4.69, 9.17) is 4.52 Å². The number of piperidine rings is 1. The number of aromatic nitrogens is 2. The van der Waals surface area contributed by atoms with Crippen LogP contribution in [0.25, 0.3) is 11.4 Å². The van der Waals surface area contributed by atoms with Crippen molar-refractivity contribution >= 4 is 6.03 Å². The van der Waals surface area contributed by atoms with Crippen LogP contribution in [0.1, 0.15) is 45.0 Å². The molecular weight excluding hydrogens is 311 g/mol. The van der Waals surface area contributed by atoms with Crippen LogP contribution in [0.4, 0.5) is 9.18 Å². The Morgan fingerprint density at radius 2 is 2.12 bits per heavy atom. The number of nitrogens with zero attached hydrogens (tertiary/aromatic N) is 3. The number of rotatable bonds is 3. The third-order valence-electron chi connectivity index (χ3n) is 4.32. The zero-order valence-corrected chi connectivity index (χ0v) is 13.8. The lowest BCUT2D eigenvalue weighted by molar-refractivity contribution is 0.153. The Labute approximate surface area is 140 Å². The van der Waals surface area contributed by atoms with Gasteiger partial charge in [0.15, 0.2) is 0 Å². The fraction of sp³-hybridized carbons (Fsp3) is 0.471. The summed E-state index contributed by atoms with van der Waals surface area (Å²) in [6.07, 6.45) is 3.21. The number of benzene rings is 1. The average molecular weight is 332 g/mol. The molecular formula is C17H21FN4O2. The highest BCUT2D eigenvalue weighted by Crippen LogP contribution is 2.20. The molecule has 128 valence electrons. The smallest absolute Gasteiger partial charge is 0.318 e. The van der Waals surface area contributed by atoms with Crippen LogP contribution < -0.4 is 5.32 Å². The second kappa shape index (κ2) is 6.98. The lowest BCUT2D eigenvalue weighted by Gasteiger charge is -2.33. The normalized spacial score (nSPS) is 19.1. The molecule has 1 saturated heterocycles. The van der Waals surface area contributed by atoms with Gasteiger partial charge in [-0.2, -0.15) is 4.98 Å². The minimum absolute atomic E-state index is 0.115. The summed E-state index contributed by atoms with van der Waals surface area (Å²) in [5.41, 5.74) is 0.662. The van der Waals surface area contributed by atoms with E-state index < -0.39 is 6.04 Å². The molecule has 2 heterocycles. The van der Waals surface area contributed by atoms with E-state index in [1.165, 1.54) is 12.1 Å². The molecule has 1 aromatic heterocycles. The first kappa shape index (κ1) is 16.4. The van der Waals surface area contributed by atoms with Crippen LogP contribution in [0.3, 0.4) is 0 Å². The third kappa shape index (κ3) is 3.55. The molecule has 1 aliphatic heterocycles. The van der Waals surface area contributed by atoms with Gasteiger partial charge >= 0.3 is 6.03 Å². The number of carbonyl (C=O) groups excluding carboxylic acids is 1. The van der Waals surface area contributed by atoms with Gasteiger partial charge in [-0.05, 0) is 57.4 Å². The van der Waals surface area contributed by atoms with Gasteiger partial charge in [0, 0.05) is 18.2 Å². The highest BCUT2D eigenvalue weighted by Gasteiger charge is 2.25. The van der Waals surface area contributed by atoms with Gasteiger partial charge in [-0.25, -0.2) is 9.18 Å². The van der Waals surface area contributed by atoms with Crippen molar-refractivity contribution in [2.24, 2.45) is 0 Å². The zero-order chi connectivity index (χ0) is 17.1. The van der Waals surface area contributed by atoms with E-state index in [9.17, 15) is 9.18 Å². The lowest BCUT2D eigenvalue weighted by atomic mass is 10.0. The van der Waals surface area contributed by atoms with Gasteiger partial charge in [0.2, 0.25) is 11.7 Å². The Bertz CT molecular complexity index is 701. The molecule has 0 bridgehead atoms. The van der Waals surface area contributed by atoms with Crippen molar-refractivity contribution in [3.05, 3.63) is 36.0 Å². The van der Waals surface area contributed by atoms with Crippen molar-refractivity contribution in [2.45, 2.75) is 45.2 Å². The molecule has 1 aromatic carbocycles. The van der Waals surface area contributed by atoms with Crippen molar-refractivity contribution in [1.82, 2.24) is 20.4 Å². The fourth-order valence-corrected chi connectivity index (χ4v) is 2.86. The molecule has 0 saturated carbocycles. The van der Waals surface area contributed by atoms with Crippen LogP contribution in [0.5, 0.6) is 0 Å². The first-order valence-electron chi connectivity index (χ1n) is 8.21. The minimum Gasteiger partial charge on any atom is -0.337 e. The van der Waals surface area contributed by atoms with Crippen LogP contribution in [0.15, 0.2) is 28.8 Å². The summed E-state index contributed by atoms with van der Waals surface area (Å²) in [5, 5.41) is 6.80. The number of halogens is 1. The Morgan fingerprint density at radius 3 is 2.83 bits per heavy atom.